The van der Waals surface area contributed by atoms with Gasteiger partial charge in [0.1, 0.15) is 0 Å². The number of halogens is 5. The SMILES string of the molecule is FC(F)(F)c1cccc(-n2cc(CCl)sc2=Nc2ccc(Cl)cc2)c1. The van der Waals surface area contributed by atoms with Crippen LogP contribution < -0.4 is 4.80 Å². The van der Waals surface area contributed by atoms with Gasteiger partial charge in [-0.15, -0.1) is 22.9 Å². The van der Waals surface area contributed by atoms with Gasteiger partial charge in [-0.05, 0) is 42.5 Å². The van der Waals surface area contributed by atoms with Gasteiger partial charge in [0.15, 0.2) is 4.80 Å². The molecule has 0 atom stereocenters. The lowest BCUT2D eigenvalue weighted by Crippen LogP contribution is -2.13. The minimum absolute atomic E-state index is 0.250. The third-order valence-electron chi connectivity index (χ3n) is 3.34. The molecule has 0 bridgehead atoms. The van der Waals surface area contributed by atoms with Crippen LogP contribution >= 0.6 is 34.5 Å². The molecular weight excluding hydrogens is 392 g/mol. The second-order valence-corrected chi connectivity index (χ2v) is 6.92. The minimum atomic E-state index is -4.41. The summed E-state index contributed by atoms with van der Waals surface area (Å²) in [6.07, 6.45) is -2.71. The molecule has 0 N–H and O–H groups in total. The van der Waals surface area contributed by atoms with Crippen LogP contribution in [-0.2, 0) is 12.1 Å². The molecule has 0 saturated heterocycles. The predicted octanol–water partition coefficient (Wildman–Crippen LogP) is 6.18. The maximum Gasteiger partial charge on any atom is 0.416 e. The molecular formula is C17H11Cl2F3N2S. The van der Waals surface area contributed by atoms with Gasteiger partial charge >= 0.3 is 6.18 Å². The summed E-state index contributed by atoms with van der Waals surface area (Å²) >= 11 is 13.1. The van der Waals surface area contributed by atoms with Crippen molar-refractivity contribution < 1.29 is 13.2 Å². The summed E-state index contributed by atoms with van der Waals surface area (Å²) in [5.74, 6) is 0.250. The first-order valence-corrected chi connectivity index (χ1v) is 8.85. The van der Waals surface area contributed by atoms with E-state index >= 15 is 0 Å². The van der Waals surface area contributed by atoms with Gasteiger partial charge in [-0.3, -0.25) is 4.57 Å². The molecule has 3 aromatic rings. The summed E-state index contributed by atoms with van der Waals surface area (Å²) in [6.45, 7) is 0. The third kappa shape index (κ3) is 4.26. The summed E-state index contributed by atoms with van der Waals surface area (Å²) in [4.78, 5) is 5.83. The highest BCUT2D eigenvalue weighted by Crippen LogP contribution is 2.30. The maximum atomic E-state index is 13.0. The highest BCUT2D eigenvalue weighted by atomic mass is 35.5. The number of hydrogen-bond donors (Lipinski definition) is 0. The van der Waals surface area contributed by atoms with Gasteiger partial charge in [-0.25, -0.2) is 4.99 Å². The summed E-state index contributed by atoms with van der Waals surface area (Å²) in [7, 11) is 0. The van der Waals surface area contributed by atoms with Crippen molar-refractivity contribution in [1.29, 1.82) is 0 Å². The minimum Gasteiger partial charge on any atom is -0.292 e. The zero-order valence-corrected chi connectivity index (χ0v) is 14.9. The van der Waals surface area contributed by atoms with E-state index in [0.29, 0.717) is 21.2 Å². The highest BCUT2D eigenvalue weighted by molar-refractivity contribution is 7.09. The molecule has 1 aromatic heterocycles. The molecule has 0 aliphatic heterocycles. The number of nitrogens with zero attached hydrogens (tertiary/aromatic N) is 2. The first-order chi connectivity index (χ1) is 11.9. The molecule has 8 heteroatoms. The van der Waals surface area contributed by atoms with Crippen LogP contribution in [0.3, 0.4) is 0 Å². The number of thiazole rings is 1. The Morgan fingerprint density at radius 1 is 1.08 bits per heavy atom. The molecule has 0 aliphatic carbocycles. The van der Waals surface area contributed by atoms with Crippen LogP contribution in [0, 0.1) is 0 Å². The lowest BCUT2D eigenvalue weighted by molar-refractivity contribution is -0.137. The Balaban J connectivity index is 2.14. The lowest BCUT2D eigenvalue weighted by atomic mass is 10.2. The van der Waals surface area contributed by atoms with Crippen molar-refractivity contribution in [3.63, 3.8) is 0 Å². The Labute approximate surface area is 155 Å². The maximum absolute atomic E-state index is 13.0. The van der Waals surface area contributed by atoms with Crippen LogP contribution in [-0.4, -0.2) is 4.57 Å². The van der Waals surface area contributed by atoms with Gasteiger partial charge in [0.25, 0.3) is 0 Å². The molecule has 0 spiro atoms. The Morgan fingerprint density at radius 2 is 1.80 bits per heavy atom. The summed E-state index contributed by atoms with van der Waals surface area (Å²) in [5.41, 5.74) is 0.303. The fourth-order valence-electron chi connectivity index (χ4n) is 2.17. The zero-order chi connectivity index (χ0) is 18.0. The van der Waals surface area contributed by atoms with E-state index in [1.54, 1.807) is 41.1 Å². The topological polar surface area (TPSA) is 17.3 Å². The van der Waals surface area contributed by atoms with Crippen molar-refractivity contribution in [3.8, 4) is 5.69 Å². The van der Waals surface area contributed by atoms with Crippen molar-refractivity contribution in [3.05, 3.63) is 75.0 Å². The Bertz CT molecular complexity index is 944. The molecule has 2 nitrogen and oxygen atoms in total. The highest BCUT2D eigenvalue weighted by Gasteiger charge is 2.30. The molecule has 0 unspecified atom stereocenters. The first-order valence-electron chi connectivity index (χ1n) is 7.12. The van der Waals surface area contributed by atoms with Gasteiger partial charge in [0.2, 0.25) is 0 Å². The fraction of sp³-hybridized carbons (Fsp3) is 0.118. The van der Waals surface area contributed by atoms with Crippen molar-refractivity contribution in [2.24, 2.45) is 4.99 Å². The van der Waals surface area contributed by atoms with Crippen molar-refractivity contribution in [1.82, 2.24) is 4.57 Å². The number of rotatable bonds is 3. The number of alkyl halides is 4. The fourth-order valence-corrected chi connectivity index (χ4v) is 3.39. The third-order valence-corrected chi connectivity index (χ3v) is 5.02. The van der Waals surface area contributed by atoms with E-state index in [9.17, 15) is 13.2 Å². The van der Waals surface area contributed by atoms with Gasteiger partial charge in [0.05, 0.1) is 17.1 Å². The molecule has 0 aliphatic rings. The summed E-state index contributed by atoms with van der Waals surface area (Å²) in [5, 5.41) is 0.581. The van der Waals surface area contributed by atoms with Crippen LogP contribution in [0.1, 0.15) is 10.4 Å². The smallest absolute Gasteiger partial charge is 0.292 e. The van der Waals surface area contributed by atoms with Gasteiger partial charge in [0, 0.05) is 21.8 Å². The molecule has 0 saturated carbocycles. The number of hydrogen-bond acceptors (Lipinski definition) is 2. The molecule has 0 radical (unpaired) electrons. The Hall–Kier alpha value is -1.76. The van der Waals surface area contributed by atoms with Crippen LogP contribution in [0.15, 0.2) is 59.7 Å². The standard InChI is InChI=1S/C17H11Cl2F3N2S/c18-9-15-10-24(14-3-1-2-11(8-14)17(20,21)22)16(25-15)23-13-6-4-12(19)5-7-13/h1-8,10H,9H2. The molecule has 1 heterocycles. The van der Waals surface area contributed by atoms with Crippen molar-refractivity contribution in [2.45, 2.75) is 12.1 Å². The largest absolute Gasteiger partial charge is 0.416 e. The second-order valence-electron chi connectivity index (χ2n) is 5.12. The van der Waals surface area contributed by atoms with E-state index in [4.69, 9.17) is 23.2 Å². The van der Waals surface area contributed by atoms with Crippen molar-refractivity contribution >= 4 is 40.2 Å². The molecule has 0 amide bonds. The average Bonchev–Trinajstić information content (AvgIpc) is 2.99. The lowest BCUT2D eigenvalue weighted by Gasteiger charge is -2.09. The monoisotopic (exact) mass is 402 g/mol. The average molecular weight is 403 g/mol. The molecule has 25 heavy (non-hydrogen) atoms. The van der Waals surface area contributed by atoms with Crippen molar-refractivity contribution in [2.75, 3.05) is 0 Å². The van der Waals surface area contributed by atoms with Gasteiger partial charge < -0.3 is 0 Å². The van der Waals surface area contributed by atoms with Crippen LogP contribution in [0.5, 0.6) is 0 Å². The van der Waals surface area contributed by atoms with Gasteiger partial charge in [-0.2, -0.15) is 13.2 Å². The zero-order valence-electron chi connectivity index (χ0n) is 12.6. The Morgan fingerprint density at radius 3 is 2.44 bits per heavy atom. The quantitative estimate of drug-likeness (QED) is 0.465. The van der Waals surface area contributed by atoms with Crippen LogP contribution in [0.25, 0.3) is 5.69 Å². The Kier molecular flexibility index (Phi) is 5.22. The van der Waals surface area contributed by atoms with E-state index in [1.807, 2.05) is 0 Å². The molecule has 3 rings (SSSR count). The second kappa shape index (κ2) is 7.23. The van der Waals surface area contributed by atoms with E-state index < -0.39 is 11.7 Å². The number of benzene rings is 2. The normalized spacial score (nSPS) is 12.6. The van der Waals surface area contributed by atoms with Crippen LogP contribution in [0.2, 0.25) is 5.02 Å². The summed E-state index contributed by atoms with van der Waals surface area (Å²) in [6, 6.07) is 12.0. The van der Waals surface area contributed by atoms with E-state index in [2.05, 4.69) is 4.99 Å². The molecule has 0 fully saturated rings. The van der Waals surface area contributed by atoms with Crippen LogP contribution in [0.4, 0.5) is 18.9 Å². The van der Waals surface area contributed by atoms with E-state index in [-0.39, 0.29) is 5.88 Å². The summed E-state index contributed by atoms with van der Waals surface area (Å²) < 4.78 is 40.5. The van der Waals surface area contributed by atoms with E-state index in [1.165, 1.54) is 17.4 Å². The predicted molar refractivity (Wildman–Crippen MR) is 94.9 cm³/mol. The first kappa shape index (κ1) is 18.0. The molecule has 130 valence electrons. The van der Waals surface area contributed by atoms with E-state index in [0.717, 1.165) is 17.0 Å². The molecule has 2 aromatic carbocycles. The van der Waals surface area contributed by atoms with Gasteiger partial charge in [-0.1, -0.05) is 17.7 Å². The number of aromatic nitrogens is 1.